The molecule has 6 nitrogen and oxygen atoms in total. The average Bonchev–Trinajstić information content (AvgIpc) is 3.20. The number of amides is 2. The Morgan fingerprint density at radius 1 is 1.15 bits per heavy atom. The minimum Gasteiger partial charge on any atom is -0.465 e. The number of carbonyl (C=O) groups excluding carboxylic acids is 1. The lowest BCUT2D eigenvalue weighted by atomic mass is 10.0. The van der Waals surface area contributed by atoms with Crippen molar-refractivity contribution in [2.75, 3.05) is 25.0 Å². The van der Waals surface area contributed by atoms with Gasteiger partial charge in [-0.05, 0) is 35.7 Å². The standard InChI is InChI=1S/C22H18F5N3O3S/c1-29(20(32)33)17-10-14-8-13(9-15(18(14)34-17)22(25,26)27)16-3-2-12(11-28-16)19(31)30-6-4-21(23,24)5-7-30/h2-3,8-11H,4-7H2,1H3,(H,32,33). The Morgan fingerprint density at radius 3 is 2.38 bits per heavy atom. The minimum absolute atomic E-state index is 0.0928. The summed E-state index contributed by atoms with van der Waals surface area (Å²) in [5.74, 6) is -3.27. The molecule has 0 radical (unpaired) electrons. The fourth-order valence-electron chi connectivity index (χ4n) is 3.67. The number of anilines is 1. The SMILES string of the molecule is CN(C(=O)O)c1cc2cc(-c3ccc(C(=O)N4CCC(F)(F)CC4)cn3)cc(C(F)(F)F)c2s1. The van der Waals surface area contributed by atoms with E-state index in [1.54, 1.807) is 0 Å². The van der Waals surface area contributed by atoms with Gasteiger partial charge >= 0.3 is 12.3 Å². The number of piperidine rings is 1. The summed E-state index contributed by atoms with van der Waals surface area (Å²) in [5, 5.41) is 9.48. The molecule has 0 spiro atoms. The zero-order valence-electron chi connectivity index (χ0n) is 17.7. The molecule has 2 amide bonds. The highest BCUT2D eigenvalue weighted by molar-refractivity contribution is 7.23. The van der Waals surface area contributed by atoms with E-state index < -0.39 is 42.5 Å². The average molecular weight is 499 g/mol. The lowest BCUT2D eigenvalue weighted by Gasteiger charge is -2.31. The Kier molecular flexibility index (Phi) is 5.96. The molecule has 0 unspecified atom stereocenters. The van der Waals surface area contributed by atoms with E-state index in [1.807, 2.05) is 0 Å². The van der Waals surface area contributed by atoms with Gasteiger partial charge in [0.05, 0.1) is 16.8 Å². The molecule has 1 aliphatic heterocycles. The van der Waals surface area contributed by atoms with Crippen molar-refractivity contribution in [2.24, 2.45) is 0 Å². The van der Waals surface area contributed by atoms with Gasteiger partial charge in [-0.15, -0.1) is 11.3 Å². The van der Waals surface area contributed by atoms with Crippen LogP contribution in [0, 0.1) is 0 Å². The summed E-state index contributed by atoms with van der Waals surface area (Å²) in [4.78, 5) is 30.1. The van der Waals surface area contributed by atoms with E-state index in [1.165, 1.54) is 42.4 Å². The van der Waals surface area contributed by atoms with E-state index in [0.717, 1.165) is 11.0 Å². The van der Waals surface area contributed by atoms with Crippen molar-refractivity contribution in [3.63, 3.8) is 0 Å². The number of likely N-dealkylation sites (tertiary alicyclic amines) is 1. The molecule has 4 rings (SSSR count). The van der Waals surface area contributed by atoms with Crippen LogP contribution in [0.3, 0.4) is 0 Å². The molecule has 2 aromatic heterocycles. The van der Waals surface area contributed by atoms with Crippen LogP contribution in [0.5, 0.6) is 0 Å². The van der Waals surface area contributed by atoms with Gasteiger partial charge in [0.15, 0.2) is 0 Å². The zero-order chi connectivity index (χ0) is 24.8. The number of aromatic nitrogens is 1. The fraction of sp³-hybridized carbons (Fsp3) is 0.318. The smallest absolute Gasteiger partial charge is 0.417 e. The largest absolute Gasteiger partial charge is 0.465 e. The van der Waals surface area contributed by atoms with Crippen molar-refractivity contribution in [1.82, 2.24) is 9.88 Å². The molecule has 1 fully saturated rings. The van der Waals surface area contributed by atoms with Crippen molar-refractivity contribution >= 4 is 38.4 Å². The van der Waals surface area contributed by atoms with Gasteiger partial charge in [-0.1, -0.05) is 0 Å². The van der Waals surface area contributed by atoms with Gasteiger partial charge in [0.25, 0.3) is 11.8 Å². The summed E-state index contributed by atoms with van der Waals surface area (Å²) in [6, 6.07) is 6.55. The van der Waals surface area contributed by atoms with Crippen molar-refractivity contribution < 1.29 is 36.6 Å². The number of carbonyl (C=O) groups is 2. The van der Waals surface area contributed by atoms with Gasteiger partial charge < -0.3 is 10.0 Å². The van der Waals surface area contributed by atoms with Gasteiger partial charge in [0.2, 0.25) is 0 Å². The van der Waals surface area contributed by atoms with E-state index in [9.17, 15) is 31.5 Å². The number of alkyl halides is 5. The number of hydrogen-bond donors (Lipinski definition) is 1. The summed E-state index contributed by atoms with van der Waals surface area (Å²) in [6.07, 6.45) is -5.64. The number of rotatable bonds is 3. The molecule has 1 N–H and O–H groups in total. The van der Waals surface area contributed by atoms with E-state index >= 15 is 0 Å². The Balaban J connectivity index is 1.67. The molecular weight excluding hydrogens is 481 g/mol. The lowest BCUT2D eigenvalue weighted by Crippen LogP contribution is -2.42. The first-order chi connectivity index (χ1) is 15.9. The molecule has 0 saturated carbocycles. The van der Waals surface area contributed by atoms with E-state index in [2.05, 4.69) is 4.98 Å². The Bertz CT molecular complexity index is 1250. The molecule has 0 aliphatic carbocycles. The zero-order valence-corrected chi connectivity index (χ0v) is 18.5. The van der Waals surface area contributed by atoms with Crippen LogP contribution in [-0.2, 0) is 6.18 Å². The van der Waals surface area contributed by atoms with Gasteiger partial charge in [0.1, 0.15) is 5.00 Å². The van der Waals surface area contributed by atoms with Gasteiger partial charge in [0, 0.05) is 49.4 Å². The second kappa shape index (κ2) is 8.49. The third-order valence-corrected chi connectivity index (χ3v) is 6.88. The van der Waals surface area contributed by atoms with Crippen LogP contribution in [0.1, 0.15) is 28.8 Å². The number of pyridine rings is 1. The molecule has 1 aromatic carbocycles. The first-order valence-corrected chi connectivity index (χ1v) is 10.9. The summed E-state index contributed by atoms with van der Waals surface area (Å²) >= 11 is 0.714. The topological polar surface area (TPSA) is 73.7 Å². The summed E-state index contributed by atoms with van der Waals surface area (Å²) < 4.78 is 67.9. The summed E-state index contributed by atoms with van der Waals surface area (Å²) in [6.45, 7) is -0.186. The molecule has 3 aromatic rings. The maximum Gasteiger partial charge on any atom is 0.417 e. The molecule has 1 saturated heterocycles. The number of carboxylic acid groups (broad SMARTS) is 1. The number of benzene rings is 1. The molecule has 12 heteroatoms. The first-order valence-electron chi connectivity index (χ1n) is 10.1. The van der Waals surface area contributed by atoms with Crippen LogP contribution >= 0.6 is 11.3 Å². The highest BCUT2D eigenvalue weighted by Crippen LogP contribution is 2.43. The van der Waals surface area contributed by atoms with Gasteiger partial charge in [-0.2, -0.15) is 13.2 Å². The number of halogens is 5. The molecule has 180 valence electrons. The predicted octanol–water partition coefficient (Wildman–Crippen LogP) is 5.97. The fourth-order valence-corrected chi connectivity index (χ4v) is 4.80. The maximum atomic E-state index is 13.8. The minimum atomic E-state index is -4.69. The Labute approximate surface area is 194 Å². The van der Waals surface area contributed by atoms with Crippen molar-refractivity contribution in [3.8, 4) is 11.3 Å². The number of nitrogens with zero attached hydrogens (tertiary/aromatic N) is 3. The number of thiophene rings is 1. The van der Waals surface area contributed by atoms with Crippen molar-refractivity contribution in [1.29, 1.82) is 0 Å². The first kappa shape index (κ1) is 23.9. The van der Waals surface area contributed by atoms with Crippen molar-refractivity contribution in [3.05, 3.63) is 47.7 Å². The Morgan fingerprint density at radius 2 is 1.82 bits per heavy atom. The van der Waals surface area contributed by atoms with Crippen LogP contribution in [0.4, 0.5) is 31.7 Å². The number of hydrogen-bond acceptors (Lipinski definition) is 4. The quantitative estimate of drug-likeness (QED) is 0.451. The third kappa shape index (κ3) is 4.67. The van der Waals surface area contributed by atoms with E-state index in [-0.39, 0.29) is 45.0 Å². The Hall–Kier alpha value is -3.28. The van der Waals surface area contributed by atoms with Crippen LogP contribution in [0.2, 0.25) is 0 Å². The predicted molar refractivity (Wildman–Crippen MR) is 117 cm³/mol. The maximum absolute atomic E-state index is 13.8. The highest BCUT2D eigenvalue weighted by atomic mass is 32.1. The van der Waals surface area contributed by atoms with Crippen LogP contribution in [-0.4, -0.2) is 53.1 Å². The number of fused-ring (bicyclic) bond motifs is 1. The lowest BCUT2D eigenvalue weighted by molar-refractivity contribution is -0.136. The van der Waals surface area contributed by atoms with Crippen LogP contribution < -0.4 is 4.90 Å². The highest BCUT2D eigenvalue weighted by Gasteiger charge is 2.36. The summed E-state index contributed by atoms with van der Waals surface area (Å²) in [7, 11) is 1.24. The van der Waals surface area contributed by atoms with Crippen molar-refractivity contribution in [2.45, 2.75) is 24.9 Å². The summed E-state index contributed by atoms with van der Waals surface area (Å²) in [5.41, 5.74) is -0.467. The monoisotopic (exact) mass is 499 g/mol. The normalized spacial score (nSPS) is 16.0. The van der Waals surface area contributed by atoms with Gasteiger partial charge in [-0.25, -0.2) is 13.6 Å². The van der Waals surface area contributed by atoms with Gasteiger partial charge in [-0.3, -0.25) is 14.7 Å². The molecule has 3 heterocycles. The molecule has 0 bridgehead atoms. The van der Waals surface area contributed by atoms with Crippen LogP contribution in [0.15, 0.2) is 36.5 Å². The van der Waals surface area contributed by atoms with E-state index in [4.69, 9.17) is 5.11 Å². The van der Waals surface area contributed by atoms with E-state index in [0.29, 0.717) is 11.3 Å². The second-order valence-electron chi connectivity index (χ2n) is 7.95. The molecule has 34 heavy (non-hydrogen) atoms. The second-order valence-corrected chi connectivity index (χ2v) is 8.98. The molecular formula is C22H18F5N3O3S. The third-order valence-electron chi connectivity index (χ3n) is 5.61. The van der Waals surface area contributed by atoms with Crippen LogP contribution in [0.25, 0.3) is 21.3 Å². The molecule has 1 aliphatic rings. The molecule has 0 atom stereocenters.